The zero-order valence-corrected chi connectivity index (χ0v) is 20.9. The van der Waals surface area contributed by atoms with E-state index < -0.39 is 29.5 Å². The fourth-order valence-corrected chi connectivity index (χ4v) is 4.13. The molecule has 1 aromatic heterocycles. The Morgan fingerprint density at radius 2 is 1.43 bits per heavy atom. The van der Waals surface area contributed by atoms with Crippen molar-refractivity contribution in [3.8, 4) is 0 Å². The van der Waals surface area contributed by atoms with Gasteiger partial charge in [0.2, 0.25) is 0 Å². The van der Waals surface area contributed by atoms with E-state index in [1.54, 1.807) is 12.1 Å². The minimum absolute atomic E-state index is 0.0218. The van der Waals surface area contributed by atoms with E-state index in [4.69, 9.17) is 51.1 Å². The Hall–Kier alpha value is -3.11. The molecule has 182 valence electrons. The highest BCUT2D eigenvalue weighted by molar-refractivity contribution is 6.40. The number of benzene rings is 2. The second-order valence-electron chi connectivity index (χ2n) is 6.94. The van der Waals surface area contributed by atoms with Crippen LogP contribution in [-0.2, 0) is 16.1 Å². The minimum Gasteiger partial charge on any atom is -0.467 e. The van der Waals surface area contributed by atoms with E-state index in [2.05, 4.69) is 15.6 Å². The van der Waals surface area contributed by atoms with Crippen LogP contribution in [-0.4, -0.2) is 40.5 Å². The summed E-state index contributed by atoms with van der Waals surface area (Å²) >= 11 is 24.2. The first-order valence-corrected chi connectivity index (χ1v) is 11.3. The number of methoxy groups -OCH3 is 1. The number of carbonyl (C=O) groups is 3. The van der Waals surface area contributed by atoms with Crippen LogP contribution in [0.3, 0.4) is 0 Å². The maximum Gasteiger partial charge on any atom is 0.349 e. The van der Waals surface area contributed by atoms with Gasteiger partial charge in [-0.05, 0) is 30.3 Å². The van der Waals surface area contributed by atoms with Crippen LogP contribution in [0.5, 0.6) is 0 Å². The van der Waals surface area contributed by atoms with Crippen molar-refractivity contribution in [2.24, 2.45) is 0 Å². The average Bonchev–Trinajstić information content (AvgIpc) is 2.79. The van der Waals surface area contributed by atoms with E-state index in [0.29, 0.717) is 0 Å². The lowest BCUT2D eigenvalue weighted by atomic mass is 10.2. The van der Waals surface area contributed by atoms with Crippen molar-refractivity contribution >= 4 is 70.0 Å². The molecule has 3 aromatic rings. The van der Waals surface area contributed by atoms with Gasteiger partial charge >= 0.3 is 11.7 Å². The molecule has 0 aliphatic heterocycles. The molecule has 0 unspecified atom stereocenters. The lowest BCUT2D eigenvalue weighted by Gasteiger charge is -2.18. The molecule has 2 N–H and O–H groups in total. The molecule has 0 saturated carbocycles. The summed E-state index contributed by atoms with van der Waals surface area (Å²) in [7, 11) is 1.13. The number of nitrogens with zero attached hydrogens (tertiary/aromatic N) is 2. The molecule has 13 heteroatoms. The highest BCUT2D eigenvalue weighted by Gasteiger charge is 2.26. The van der Waals surface area contributed by atoms with Crippen molar-refractivity contribution in [1.82, 2.24) is 14.9 Å². The van der Waals surface area contributed by atoms with Crippen LogP contribution in [0.1, 0.15) is 20.7 Å². The molecule has 0 radical (unpaired) electrons. The number of rotatable bonds is 7. The van der Waals surface area contributed by atoms with Gasteiger partial charge in [0.05, 0.1) is 44.9 Å². The number of ether oxygens (including phenoxy) is 1. The SMILES string of the molecule is COC(=O)[C@H](Cn1ccc(NC(=O)c2c(Cl)cccc2Cl)nc1=O)NC(=O)c1c(Cl)cccc1Cl. The molecule has 1 heterocycles. The number of hydrogen-bond donors (Lipinski definition) is 2. The van der Waals surface area contributed by atoms with Crippen LogP contribution in [0.15, 0.2) is 53.5 Å². The highest BCUT2D eigenvalue weighted by Crippen LogP contribution is 2.25. The van der Waals surface area contributed by atoms with E-state index in [0.717, 1.165) is 11.7 Å². The third kappa shape index (κ3) is 6.32. The first kappa shape index (κ1) is 26.5. The van der Waals surface area contributed by atoms with Crippen molar-refractivity contribution in [1.29, 1.82) is 0 Å². The topological polar surface area (TPSA) is 119 Å². The van der Waals surface area contributed by atoms with Gasteiger partial charge in [0.25, 0.3) is 11.8 Å². The summed E-state index contributed by atoms with van der Waals surface area (Å²) in [6.07, 6.45) is 1.28. The molecule has 1 atom stereocenters. The van der Waals surface area contributed by atoms with Gasteiger partial charge in [-0.2, -0.15) is 4.98 Å². The molecule has 0 saturated heterocycles. The summed E-state index contributed by atoms with van der Waals surface area (Å²) in [5.74, 6) is -2.30. The van der Waals surface area contributed by atoms with Crippen molar-refractivity contribution in [2.75, 3.05) is 12.4 Å². The van der Waals surface area contributed by atoms with E-state index in [1.807, 2.05) is 0 Å². The maximum absolute atomic E-state index is 12.7. The van der Waals surface area contributed by atoms with Crippen molar-refractivity contribution in [3.05, 3.63) is 90.4 Å². The molecule has 0 bridgehead atoms. The number of halogens is 4. The van der Waals surface area contributed by atoms with Gasteiger partial charge in [0.1, 0.15) is 11.9 Å². The van der Waals surface area contributed by atoms with Crippen LogP contribution >= 0.6 is 46.4 Å². The maximum atomic E-state index is 12.7. The smallest absolute Gasteiger partial charge is 0.349 e. The van der Waals surface area contributed by atoms with Crippen molar-refractivity contribution < 1.29 is 19.1 Å². The van der Waals surface area contributed by atoms with Gasteiger partial charge in [0, 0.05) is 6.20 Å². The highest BCUT2D eigenvalue weighted by atomic mass is 35.5. The average molecular weight is 558 g/mol. The van der Waals surface area contributed by atoms with Crippen LogP contribution < -0.4 is 16.3 Å². The lowest BCUT2D eigenvalue weighted by molar-refractivity contribution is -0.143. The Morgan fingerprint density at radius 3 is 1.91 bits per heavy atom. The predicted molar refractivity (Wildman–Crippen MR) is 133 cm³/mol. The van der Waals surface area contributed by atoms with E-state index in [-0.39, 0.29) is 43.6 Å². The van der Waals surface area contributed by atoms with Gasteiger partial charge in [-0.3, -0.25) is 14.2 Å². The number of anilines is 1. The van der Waals surface area contributed by atoms with Crippen LogP contribution in [0, 0.1) is 0 Å². The quantitative estimate of drug-likeness (QED) is 0.422. The van der Waals surface area contributed by atoms with Gasteiger partial charge in [0.15, 0.2) is 0 Å². The van der Waals surface area contributed by atoms with Crippen LogP contribution in [0.2, 0.25) is 20.1 Å². The molecular weight excluding hydrogens is 542 g/mol. The van der Waals surface area contributed by atoms with Crippen LogP contribution in [0.4, 0.5) is 5.82 Å². The number of aromatic nitrogens is 2. The van der Waals surface area contributed by atoms with E-state index in [9.17, 15) is 19.2 Å². The summed E-state index contributed by atoms with van der Waals surface area (Å²) in [6.45, 7) is -0.323. The van der Waals surface area contributed by atoms with Crippen molar-refractivity contribution in [3.63, 3.8) is 0 Å². The Bertz CT molecular complexity index is 1320. The van der Waals surface area contributed by atoms with E-state index >= 15 is 0 Å². The zero-order chi connectivity index (χ0) is 25.7. The third-order valence-corrected chi connectivity index (χ3v) is 5.93. The Balaban J connectivity index is 1.79. The molecular formula is C22H16Cl4N4O5. The molecule has 35 heavy (non-hydrogen) atoms. The number of hydrogen-bond acceptors (Lipinski definition) is 6. The van der Waals surface area contributed by atoms with Gasteiger partial charge in [-0.15, -0.1) is 0 Å². The van der Waals surface area contributed by atoms with Gasteiger partial charge < -0.3 is 15.4 Å². The predicted octanol–water partition coefficient (Wildman–Crippen LogP) is 4.08. The monoisotopic (exact) mass is 556 g/mol. The lowest BCUT2D eigenvalue weighted by Crippen LogP contribution is -2.46. The number of nitrogens with one attached hydrogen (secondary N) is 2. The second kappa shape index (κ2) is 11.5. The molecule has 0 fully saturated rings. The first-order chi connectivity index (χ1) is 16.6. The standard InChI is InChI=1S/C22H16Cl4N4O5/c1-35-21(33)15(27-19(31)17-11(23)4-2-5-12(17)24)10-30-9-8-16(29-22(30)34)28-20(32)18-13(25)6-3-7-14(18)26/h2-9,15H,10H2,1H3,(H,27,31)(H,28,29,32,34)/t15-/m0/s1. The summed E-state index contributed by atoms with van der Waals surface area (Å²) in [5.41, 5.74) is -0.827. The minimum atomic E-state index is -1.28. The summed E-state index contributed by atoms with van der Waals surface area (Å²) in [4.78, 5) is 53.8. The number of amides is 2. The Labute approximate surface area is 218 Å². The molecule has 0 aliphatic rings. The van der Waals surface area contributed by atoms with Crippen molar-refractivity contribution in [2.45, 2.75) is 12.6 Å². The Kier molecular flexibility index (Phi) is 8.74. The molecule has 3 rings (SSSR count). The fraction of sp³-hybridized carbons (Fsp3) is 0.136. The fourth-order valence-electron chi connectivity index (χ4n) is 2.99. The normalized spacial score (nSPS) is 11.5. The summed E-state index contributed by atoms with van der Waals surface area (Å²) in [6, 6.07) is 9.10. The van der Waals surface area contributed by atoms with Gasteiger partial charge in [-0.1, -0.05) is 58.5 Å². The third-order valence-electron chi connectivity index (χ3n) is 4.67. The van der Waals surface area contributed by atoms with Crippen LogP contribution in [0.25, 0.3) is 0 Å². The van der Waals surface area contributed by atoms with E-state index in [1.165, 1.54) is 36.5 Å². The molecule has 9 nitrogen and oxygen atoms in total. The number of esters is 1. The Morgan fingerprint density at radius 1 is 0.914 bits per heavy atom. The number of carbonyl (C=O) groups excluding carboxylic acids is 3. The molecule has 2 aromatic carbocycles. The molecule has 0 spiro atoms. The first-order valence-electron chi connectivity index (χ1n) is 9.78. The molecule has 0 aliphatic carbocycles. The summed E-state index contributed by atoms with van der Waals surface area (Å²) < 4.78 is 5.78. The second-order valence-corrected chi connectivity index (χ2v) is 8.57. The largest absolute Gasteiger partial charge is 0.467 e. The zero-order valence-electron chi connectivity index (χ0n) is 17.9. The van der Waals surface area contributed by atoms with Gasteiger partial charge in [-0.25, -0.2) is 9.59 Å². The summed E-state index contributed by atoms with van der Waals surface area (Å²) in [5, 5.41) is 5.30. The molecule has 2 amide bonds.